The second kappa shape index (κ2) is 11.2. The summed E-state index contributed by atoms with van der Waals surface area (Å²) in [5.74, 6) is 0.778. The summed E-state index contributed by atoms with van der Waals surface area (Å²) in [6.45, 7) is 11.1. The Morgan fingerprint density at radius 1 is 1.03 bits per heavy atom. The van der Waals surface area contributed by atoms with Crippen LogP contribution in [-0.4, -0.2) is 72.3 Å². The number of carbonyl (C=O) groups is 2. The largest absolute Gasteiger partial charge is 0.369 e. The van der Waals surface area contributed by atoms with Gasteiger partial charge in [-0.2, -0.15) is 5.10 Å². The smallest absolute Gasteiger partial charge is 0.228 e. The molecule has 1 aromatic heterocycles. The van der Waals surface area contributed by atoms with Crippen LogP contribution in [0.2, 0.25) is 5.02 Å². The van der Waals surface area contributed by atoms with Crippen molar-refractivity contribution in [2.75, 3.05) is 55.6 Å². The summed E-state index contributed by atoms with van der Waals surface area (Å²) in [4.78, 5) is 31.5. The van der Waals surface area contributed by atoms with E-state index in [1.165, 1.54) is 11.3 Å². The summed E-state index contributed by atoms with van der Waals surface area (Å²) >= 11 is 6.18. The number of aryl methyl sites for hydroxylation is 3. The topological polar surface area (TPSA) is 73.7 Å². The number of hydrogen-bond donors (Lipinski definition) is 1. The predicted octanol–water partition coefficient (Wildman–Crippen LogP) is 3.00. The first-order valence-electron chi connectivity index (χ1n) is 12.3. The average molecular weight is 487 g/mol. The summed E-state index contributed by atoms with van der Waals surface area (Å²) < 4.78 is 1.88. The van der Waals surface area contributed by atoms with E-state index in [0.29, 0.717) is 13.1 Å². The average Bonchev–Trinajstić information content (AvgIpc) is 3.22. The molecular formula is C25H35ClN6O2. The van der Waals surface area contributed by atoms with Gasteiger partial charge in [0.2, 0.25) is 11.8 Å². The number of carbonyl (C=O) groups excluding carboxylic acids is 2. The molecule has 4 rings (SSSR count). The molecule has 2 amide bonds. The molecule has 0 unspecified atom stereocenters. The van der Waals surface area contributed by atoms with Crippen LogP contribution in [0, 0.1) is 13.8 Å². The molecule has 1 N–H and O–H groups in total. The number of nitrogens with one attached hydrogen (secondary N) is 1. The summed E-state index contributed by atoms with van der Waals surface area (Å²) in [6.07, 6.45) is 2.24. The molecule has 1 aromatic carbocycles. The van der Waals surface area contributed by atoms with Crippen molar-refractivity contribution in [2.45, 2.75) is 46.1 Å². The van der Waals surface area contributed by atoms with Gasteiger partial charge in [-0.1, -0.05) is 17.7 Å². The van der Waals surface area contributed by atoms with E-state index in [1.807, 2.05) is 29.8 Å². The van der Waals surface area contributed by atoms with Crippen molar-refractivity contribution in [1.29, 1.82) is 0 Å². The van der Waals surface area contributed by atoms with E-state index in [2.05, 4.69) is 33.2 Å². The Morgan fingerprint density at radius 3 is 2.62 bits per heavy atom. The summed E-state index contributed by atoms with van der Waals surface area (Å²) in [6, 6.07) is 7.99. The third-order valence-electron chi connectivity index (χ3n) is 6.63. The van der Waals surface area contributed by atoms with E-state index in [9.17, 15) is 9.59 Å². The van der Waals surface area contributed by atoms with Crippen LogP contribution in [0.4, 0.5) is 11.5 Å². The predicted molar refractivity (Wildman–Crippen MR) is 136 cm³/mol. The van der Waals surface area contributed by atoms with Crippen molar-refractivity contribution < 1.29 is 9.59 Å². The highest BCUT2D eigenvalue weighted by atomic mass is 35.5. The van der Waals surface area contributed by atoms with Gasteiger partial charge < -0.3 is 10.2 Å². The zero-order valence-electron chi connectivity index (χ0n) is 20.2. The molecule has 0 aliphatic carbocycles. The molecule has 0 radical (unpaired) electrons. The van der Waals surface area contributed by atoms with E-state index < -0.39 is 0 Å². The SMILES string of the molecule is Cc1cc2n(n1)CCCN2C(=O)CCC(=O)NCCCN1CCN(c2cc(Cl)ccc2C)CC1. The zero-order valence-corrected chi connectivity index (χ0v) is 21.0. The fourth-order valence-electron chi connectivity index (χ4n) is 4.77. The minimum atomic E-state index is -0.0590. The molecule has 9 heteroatoms. The molecule has 0 spiro atoms. The standard InChI is InChI=1S/C25H35ClN6O2/c1-19-5-6-21(26)18-22(19)30-15-13-29(14-16-30)10-3-9-27-23(33)7-8-25(34)31-11-4-12-32-24(31)17-20(2)28-32/h5-6,17-18H,3-4,7-16H2,1-2H3,(H,27,33). The number of fused-ring (bicyclic) bond motifs is 1. The normalized spacial score (nSPS) is 16.4. The molecule has 34 heavy (non-hydrogen) atoms. The quantitative estimate of drug-likeness (QED) is 0.581. The van der Waals surface area contributed by atoms with E-state index in [-0.39, 0.29) is 24.7 Å². The first kappa shape index (κ1) is 24.5. The maximum atomic E-state index is 12.7. The number of nitrogens with zero attached hydrogens (tertiary/aromatic N) is 5. The molecule has 2 aliphatic heterocycles. The van der Waals surface area contributed by atoms with Crippen LogP contribution in [0.15, 0.2) is 24.3 Å². The van der Waals surface area contributed by atoms with Gasteiger partial charge in [0.1, 0.15) is 5.82 Å². The summed E-state index contributed by atoms with van der Waals surface area (Å²) in [5.41, 5.74) is 3.38. The van der Waals surface area contributed by atoms with Crippen molar-refractivity contribution in [2.24, 2.45) is 0 Å². The van der Waals surface area contributed by atoms with Gasteiger partial charge in [-0.15, -0.1) is 0 Å². The molecule has 3 heterocycles. The Bertz CT molecular complexity index is 1010. The maximum absolute atomic E-state index is 12.7. The zero-order chi connectivity index (χ0) is 24.1. The lowest BCUT2D eigenvalue weighted by molar-refractivity contribution is -0.125. The molecule has 2 aliphatic rings. The van der Waals surface area contributed by atoms with Gasteiger partial charge in [0.15, 0.2) is 0 Å². The first-order valence-corrected chi connectivity index (χ1v) is 12.6. The van der Waals surface area contributed by atoms with Gasteiger partial charge in [-0.3, -0.25) is 19.4 Å². The second-order valence-electron chi connectivity index (χ2n) is 9.23. The van der Waals surface area contributed by atoms with Gasteiger partial charge in [0.05, 0.1) is 5.69 Å². The molecule has 2 aromatic rings. The van der Waals surface area contributed by atoms with Crippen LogP contribution in [-0.2, 0) is 16.1 Å². The molecule has 0 atom stereocenters. The van der Waals surface area contributed by atoms with E-state index >= 15 is 0 Å². The number of amides is 2. The number of rotatable bonds is 8. The first-order chi connectivity index (χ1) is 16.4. The van der Waals surface area contributed by atoms with E-state index in [1.54, 1.807) is 4.90 Å². The Kier molecular flexibility index (Phi) is 8.11. The van der Waals surface area contributed by atoms with Crippen LogP contribution in [0.1, 0.15) is 36.9 Å². The molecule has 0 saturated carbocycles. The number of anilines is 2. The summed E-state index contributed by atoms with van der Waals surface area (Å²) in [5, 5.41) is 8.17. The Morgan fingerprint density at radius 2 is 1.82 bits per heavy atom. The van der Waals surface area contributed by atoms with E-state index in [0.717, 1.165) is 68.6 Å². The van der Waals surface area contributed by atoms with Crippen molar-refractivity contribution in [3.63, 3.8) is 0 Å². The summed E-state index contributed by atoms with van der Waals surface area (Å²) in [7, 11) is 0. The minimum absolute atomic E-state index is 0.0104. The third kappa shape index (κ3) is 6.10. The number of halogens is 1. The van der Waals surface area contributed by atoms with Crippen molar-refractivity contribution in [3.05, 3.63) is 40.5 Å². The fourth-order valence-corrected chi connectivity index (χ4v) is 4.94. The highest BCUT2D eigenvalue weighted by Crippen LogP contribution is 2.25. The molecule has 1 saturated heterocycles. The second-order valence-corrected chi connectivity index (χ2v) is 9.67. The van der Waals surface area contributed by atoms with Gasteiger partial charge in [0, 0.05) is 75.4 Å². The number of hydrogen-bond acceptors (Lipinski definition) is 5. The highest BCUT2D eigenvalue weighted by molar-refractivity contribution is 6.30. The molecule has 184 valence electrons. The van der Waals surface area contributed by atoms with Gasteiger partial charge in [-0.05, 0) is 50.9 Å². The fraction of sp³-hybridized carbons (Fsp3) is 0.560. The van der Waals surface area contributed by atoms with Gasteiger partial charge >= 0.3 is 0 Å². The Hall–Kier alpha value is -2.58. The van der Waals surface area contributed by atoms with Crippen LogP contribution < -0.4 is 15.1 Å². The molecule has 1 fully saturated rings. The van der Waals surface area contributed by atoms with Crippen molar-refractivity contribution >= 4 is 34.9 Å². The number of benzene rings is 1. The van der Waals surface area contributed by atoms with Crippen molar-refractivity contribution in [1.82, 2.24) is 20.0 Å². The van der Waals surface area contributed by atoms with Crippen LogP contribution in [0.25, 0.3) is 0 Å². The van der Waals surface area contributed by atoms with Crippen LogP contribution in [0.5, 0.6) is 0 Å². The molecular weight excluding hydrogens is 452 g/mol. The van der Waals surface area contributed by atoms with Crippen LogP contribution in [0.3, 0.4) is 0 Å². The molecule has 8 nitrogen and oxygen atoms in total. The van der Waals surface area contributed by atoms with E-state index in [4.69, 9.17) is 11.6 Å². The Labute approximate surface area is 206 Å². The lowest BCUT2D eigenvalue weighted by Gasteiger charge is -2.37. The Balaban J connectivity index is 1.11. The van der Waals surface area contributed by atoms with Crippen LogP contribution >= 0.6 is 11.6 Å². The van der Waals surface area contributed by atoms with Gasteiger partial charge in [-0.25, -0.2) is 4.68 Å². The monoisotopic (exact) mass is 486 g/mol. The third-order valence-corrected chi connectivity index (χ3v) is 6.87. The highest BCUT2D eigenvalue weighted by Gasteiger charge is 2.24. The minimum Gasteiger partial charge on any atom is -0.369 e. The number of aromatic nitrogens is 2. The lowest BCUT2D eigenvalue weighted by atomic mass is 10.1. The van der Waals surface area contributed by atoms with Crippen molar-refractivity contribution in [3.8, 4) is 0 Å². The van der Waals surface area contributed by atoms with Gasteiger partial charge in [0.25, 0.3) is 0 Å². The number of piperazine rings is 1. The maximum Gasteiger partial charge on any atom is 0.228 e. The lowest BCUT2D eigenvalue weighted by Crippen LogP contribution is -2.47. The molecule has 0 bridgehead atoms.